The molecule has 5 nitrogen and oxygen atoms in total. The molecular formula is C13H13BrF2N2O3. The van der Waals surface area contributed by atoms with Crippen molar-refractivity contribution in [3.05, 3.63) is 28.2 Å². The normalized spacial score (nSPS) is 17.9. The van der Waals surface area contributed by atoms with E-state index < -0.39 is 29.7 Å². The lowest BCUT2D eigenvalue weighted by molar-refractivity contribution is -0.137. The lowest BCUT2D eigenvalue weighted by Gasteiger charge is -2.24. The first-order valence-corrected chi connectivity index (χ1v) is 7.11. The number of hydrogen-bond donors (Lipinski definition) is 2. The summed E-state index contributed by atoms with van der Waals surface area (Å²) in [6.45, 7) is 0.410. The molecule has 2 N–H and O–H groups in total. The van der Waals surface area contributed by atoms with Gasteiger partial charge in [-0.3, -0.25) is 4.79 Å². The first-order chi connectivity index (χ1) is 9.88. The van der Waals surface area contributed by atoms with Crippen LogP contribution < -0.4 is 5.32 Å². The van der Waals surface area contributed by atoms with E-state index in [0.29, 0.717) is 25.5 Å². The van der Waals surface area contributed by atoms with E-state index in [1.807, 2.05) is 0 Å². The number of nitrogens with one attached hydrogen (secondary N) is 1. The van der Waals surface area contributed by atoms with Crippen molar-refractivity contribution < 1.29 is 23.5 Å². The van der Waals surface area contributed by atoms with Crippen molar-refractivity contribution in [3.8, 4) is 0 Å². The molecule has 0 aliphatic carbocycles. The van der Waals surface area contributed by atoms with E-state index in [4.69, 9.17) is 5.11 Å². The van der Waals surface area contributed by atoms with Gasteiger partial charge in [0.2, 0.25) is 0 Å². The molecule has 8 heteroatoms. The van der Waals surface area contributed by atoms with Gasteiger partial charge in [-0.2, -0.15) is 0 Å². The third kappa shape index (κ3) is 3.69. The maximum absolute atomic E-state index is 13.6. The second kappa shape index (κ2) is 6.38. The number of aliphatic carboxylic acids is 1. The SMILES string of the molecule is O=C(O)CC1CCCN1C(=O)Nc1cc(Br)c(F)cc1F. The Bertz CT molecular complexity index is 583. The van der Waals surface area contributed by atoms with Crippen molar-refractivity contribution in [3.63, 3.8) is 0 Å². The Hall–Kier alpha value is -1.70. The van der Waals surface area contributed by atoms with Gasteiger partial charge in [-0.05, 0) is 34.8 Å². The summed E-state index contributed by atoms with van der Waals surface area (Å²) < 4.78 is 26.8. The van der Waals surface area contributed by atoms with Gasteiger partial charge in [0.05, 0.1) is 16.6 Å². The number of halogens is 3. The number of carboxylic acids is 1. The minimum Gasteiger partial charge on any atom is -0.481 e. The molecule has 21 heavy (non-hydrogen) atoms. The van der Waals surface area contributed by atoms with Gasteiger partial charge in [0.1, 0.15) is 11.6 Å². The van der Waals surface area contributed by atoms with Crippen molar-refractivity contribution in [2.24, 2.45) is 0 Å². The molecule has 0 saturated carbocycles. The van der Waals surface area contributed by atoms with Crippen LogP contribution >= 0.6 is 15.9 Å². The summed E-state index contributed by atoms with van der Waals surface area (Å²) in [7, 11) is 0. The van der Waals surface area contributed by atoms with Crippen molar-refractivity contribution in [2.45, 2.75) is 25.3 Å². The van der Waals surface area contributed by atoms with Crippen LogP contribution in [0.3, 0.4) is 0 Å². The fraction of sp³-hybridized carbons (Fsp3) is 0.385. The number of rotatable bonds is 3. The average Bonchev–Trinajstić information content (AvgIpc) is 2.83. The van der Waals surface area contributed by atoms with E-state index in [1.54, 1.807) is 0 Å². The van der Waals surface area contributed by atoms with E-state index in [2.05, 4.69) is 21.2 Å². The number of amides is 2. The molecule has 0 radical (unpaired) electrons. The monoisotopic (exact) mass is 362 g/mol. The molecule has 1 aliphatic heterocycles. The van der Waals surface area contributed by atoms with Crippen LogP contribution in [0.15, 0.2) is 16.6 Å². The molecule has 1 saturated heterocycles. The summed E-state index contributed by atoms with van der Waals surface area (Å²) in [5.74, 6) is -2.65. The Morgan fingerprint density at radius 2 is 2.10 bits per heavy atom. The smallest absolute Gasteiger partial charge is 0.322 e. The molecule has 1 aliphatic rings. The van der Waals surface area contributed by atoms with Gasteiger partial charge in [-0.1, -0.05) is 0 Å². The number of carboxylic acid groups (broad SMARTS) is 1. The Labute approximate surface area is 128 Å². The first kappa shape index (κ1) is 15.7. The van der Waals surface area contributed by atoms with E-state index in [0.717, 1.165) is 6.07 Å². The van der Waals surface area contributed by atoms with E-state index in [1.165, 1.54) is 4.90 Å². The molecule has 2 amide bonds. The van der Waals surface area contributed by atoms with Gasteiger partial charge >= 0.3 is 12.0 Å². The van der Waals surface area contributed by atoms with Gasteiger partial charge in [-0.15, -0.1) is 0 Å². The van der Waals surface area contributed by atoms with E-state index in [9.17, 15) is 18.4 Å². The van der Waals surface area contributed by atoms with Crippen LogP contribution in [-0.2, 0) is 4.79 Å². The van der Waals surface area contributed by atoms with Gasteiger partial charge in [0, 0.05) is 18.7 Å². The highest BCUT2D eigenvalue weighted by Crippen LogP contribution is 2.26. The molecule has 0 bridgehead atoms. The Morgan fingerprint density at radius 3 is 2.76 bits per heavy atom. The lowest BCUT2D eigenvalue weighted by Crippen LogP contribution is -2.39. The fourth-order valence-corrected chi connectivity index (χ4v) is 2.67. The zero-order valence-corrected chi connectivity index (χ0v) is 12.5. The number of benzene rings is 1. The molecule has 1 fully saturated rings. The summed E-state index contributed by atoms with van der Waals surface area (Å²) in [6.07, 6.45) is 1.14. The van der Waals surface area contributed by atoms with Crippen molar-refractivity contribution >= 4 is 33.6 Å². The van der Waals surface area contributed by atoms with Crippen LogP contribution in [0.1, 0.15) is 19.3 Å². The molecule has 2 rings (SSSR count). The minimum atomic E-state index is -0.990. The van der Waals surface area contributed by atoms with Crippen LogP contribution in [0.5, 0.6) is 0 Å². The summed E-state index contributed by atoms with van der Waals surface area (Å²) in [6, 6.07) is 0.800. The summed E-state index contributed by atoms with van der Waals surface area (Å²) >= 11 is 2.91. The second-order valence-corrected chi connectivity index (χ2v) is 5.62. The molecule has 114 valence electrons. The lowest BCUT2D eigenvalue weighted by atomic mass is 10.1. The zero-order valence-electron chi connectivity index (χ0n) is 10.9. The molecule has 1 aromatic rings. The number of likely N-dealkylation sites (tertiary alicyclic amines) is 1. The van der Waals surface area contributed by atoms with Crippen molar-refractivity contribution in [1.82, 2.24) is 4.90 Å². The van der Waals surface area contributed by atoms with Crippen molar-refractivity contribution in [2.75, 3.05) is 11.9 Å². The maximum atomic E-state index is 13.6. The molecule has 0 spiro atoms. The minimum absolute atomic E-state index is 0.0303. The average molecular weight is 363 g/mol. The molecule has 1 heterocycles. The van der Waals surface area contributed by atoms with Crippen LogP contribution in [0.4, 0.5) is 19.3 Å². The number of nitrogens with zero attached hydrogens (tertiary/aromatic N) is 1. The van der Waals surface area contributed by atoms with Crippen LogP contribution in [0, 0.1) is 11.6 Å². The Kier molecular flexibility index (Phi) is 4.76. The summed E-state index contributed by atoms with van der Waals surface area (Å²) in [5.41, 5.74) is -0.158. The Morgan fingerprint density at radius 1 is 1.38 bits per heavy atom. The summed E-state index contributed by atoms with van der Waals surface area (Å²) in [4.78, 5) is 24.2. The highest BCUT2D eigenvalue weighted by molar-refractivity contribution is 9.10. The fourth-order valence-electron chi connectivity index (χ4n) is 2.32. The van der Waals surface area contributed by atoms with Crippen LogP contribution in [-0.4, -0.2) is 34.6 Å². The van der Waals surface area contributed by atoms with Gasteiger partial charge in [0.25, 0.3) is 0 Å². The topological polar surface area (TPSA) is 69.6 Å². The highest BCUT2D eigenvalue weighted by atomic mass is 79.9. The quantitative estimate of drug-likeness (QED) is 0.811. The van der Waals surface area contributed by atoms with Crippen molar-refractivity contribution in [1.29, 1.82) is 0 Å². The third-order valence-electron chi connectivity index (χ3n) is 3.30. The second-order valence-electron chi connectivity index (χ2n) is 4.76. The van der Waals surface area contributed by atoms with Gasteiger partial charge in [0.15, 0.2) is 0 Å². The largest absolute Gasteiger partial charge is 0.481 e. The molecule has 0 aromatic heterocycles. The zero-order chi connectivity index (χ0) is 15.6. The standard InChI is InChI=1S/C13H13BrF2N2O3/c14-8-5-11(10(16)6-9(8)15)17-13(21)18-3-1-2-7(18)4-12(19)20/h5-7H,1-4H2,(H,17,21)(H,19,20). The number of hydrogen-bond acceptors (Lipinski definition) is 2. The number of carbonyl (C=O) groups is 2. The van der Waals surface area contributed by atoms with Crippen LogP contribution in [0.2, 0.25) is 0 Å². The van der Waals surface area contributed by atoms with Gasteiger partial charge < -0.3 is 15.3 Å². The molecule has 1 unspecified atom stereocenters. The highest BCUT2D eigenvalue weighted by Gasteiger charge is 2.30. The Balaban J connectivity index is 2.10. The van der Waals surface area contributed by atoms with E-state index in [-0.39, 0.29) is 16.6 Å². The van der Waals surface area contributed by atoms with E-state index >= 15 is 0 Å². The third-order valence-corrected chi connectivity index (χ3v) is 3.91. The first-order valence-electron chi connectivity index (χ1n) is 6.32. The number of carbonyl (C=O) groups excluding carboxylic acids is 1. The number of anilines is 1. The predicted molar refractivity (Wildman–Crippen MR) is 75.1 cm³/mol. The number of urea groups is 1. The summed E-state index contributed by atoms with van der Waals surface area (Å²) in [5, 5.41) is 11.2. The molecular weight excluding hydrogens is 350 g/mol. The predicted octanol–water partition coefficient (Wildman–Crippen LogP) is 3.20. The van der Waals surface area contributed by atoms with Crippen LogP contribution in [0.25, 0.3) is 0 Å². The molecule has 1 atom stereocenters. The maximum Gasteiger partial charge on any atom is 0.322 e. The van der Waals surface area contributed by atoms with Gasteiger partial charge in [-0.25, -0.2) is 13.6 Å². The molecule has 1 aromatic carbocycles.